The summed E-state index contributed by atoms with van der Waals surface area (Å²) in [6.45, 7) is 2.56. The third-order valence-electron chi connectivity index (χ3n) is 3.23. The van der Waals surface area contributed by atoms with Gasteiger partial charge in [0.15, 0.2) is 0 Å². The maximum atomic E-state index is 12.0. The Hall–Kier alpha value is -1.63. The zero-order valence-electron chi connectivity index (χ0n) is 10.1. The Labute approximate surface area is 104 Å². The lowest BCUT2D eigenvalue weighted by Crippen LogP contribution is -2.64. The van der Waals surface area contributed by atoms with Crippen LogP contribution in [0.5, 0.6) is 0 Å². The molecule has 0 bridgehead atoms. The number of nitrogens with one attached hydrogen (secondary N) is 1. The predicted molar refractivity (Wildman–Crippen MR) is 59.7 cm³/mol. The number of likely N-dealkylation sites (tertiary alicyclic amines) is 1. The van der Waals surface area contributed by atoms with E-state index in [9.17, 15) is 14.4 Å². The highest BCUT2D eigenvalue weighted by atomic mass is 16.5. The number of carboxylic acids is 1. The molecule has 100 valence electrons. The molecule has 2 heterocycles. The molecule has 2 aliphatic heterocycles. The molecule has 0 saturated carbocycles. The summed E-state index contributed by atoms with van der Waals surface area (Å²) in [5, 5.41) is 11.1. The Kier molecular flexibility index (Phi) is 3.25. The summed E-state index contributed by atoms with van der Waals surface area (Å²) < 4.78 is 5.22. The fourth-order valence-corrected chi connectivity index (χ4v) is 2.28. The molecular weight excluding hydrogens is 240 g/mol. The highest BCUT2D eigenvalue weighted by Gasteiger charge is 2.45. The molecule has 18 heavy (non-hydrogen) atoms. The molecule has 1 unspecified atom stereocenters. The van der Waals surface area contributed by atoms with E-state index in [4.69, 9.17) is 9.84 Å². The zero-order valence-corrected chi connectivity index (χ0v) is 10.1. The molecule has 2 N–H and O–H groups in total. The molecule has 2 saturated heterocycles. The number of rotatable bonds is 4. The maximum absolute atomic E-state index is 12.0. The van der Waals surface area contributed by atoms with Gasteiger partial charge in [-0.25, -0.2) is 4.79 Å². The summed E-state index contributed by atoms with van der Waals surface area (Å²) in [6, 6.07) is 0. The van der Waals surface area contributed by atoms with Crippen LogP contribution in [-0.4, -0.2) is 59.6 Å². The van der Waals surface area contributed by atoms with Gasteiger partial charge in [-0.1, -0.05) is 0 Å². The molecule has 0 spiro atoms. The summed E-state index contributed by atoms with van der Waals surface area (Å²) >= 11 is 0. The van der Waals surface area contributed by atoms with Gasteiger partial charge in [0.25, 0.3) is 0 Å². The topological polar surface area (TPSA) is 95.9 Å². The van der Waals surface area contributed by atoms with Crippen LogP contribution >= 0.6 is 0 Å². The Morgan fingerprint density at radius 2 is 2.22 bits per heavy atom. The Bertz CT molecular complexity index is 389. The van der Waals surface area contributed by atoms with E-state index in [0.717, 1.165) is 0 Å². The number of ether oxygens (including phenoxy) is 1. The first-order valence-electron chi connectivity index (χ1n) is 5.81. The minimum absolute atomic E-state index is 0.0650. The van der Waals surface area contributed by atoms with Crippen LogP contribution in [0.1, 0.15) is 13.3 Å². The van der Waals surface area contributed by atoms with Gasteiger partial charge < -0.3 is 20.1 Å². The molecular formula is C11H16N2O5. The first-order chi connectivity index (χ1) is 8.39. The Morgan fingerprint density at radius 3 is 2.72 bits per heavy atom. The van der Waals surface area contributed by atoms with E-state index in [0.29, 0.717) is 19.6 Å². The fourth-order valence-electron chi connectivity index (χ4n) is 2.28. The van der Waals surface area contributed by atoms with E-state index in [2.05, 4.69) is 5.32 Å². The third kappa shape index (κ3) is 2.61. The fraction of sp³-hybridized carbons (Fsp3) is 0.727. The van der Waals surface area contributed by atoms with E-state index < -0.39 is 11.6 Å². The van der Waals surface area contributed by atoms with Crippen molar-refractivity contribution in [3.8, 4) is 0 Å². The van der Waals surface area contributed by atoms with Gasteiger partial charge in [0.1, 0.15) is 12.2 Å². The van der Waals surface area contributed by atoms with Crippen molar-refractivity contribution in [3.63, 3.8) is 0 Å². The number of hydrogen-bond acceptors (Lipinski definition) is 4. The van der Waals surface area contributed by atoms with Crippen LogP contribution < -0.4 is 5.32 Å². The molecule has 0 aromatic carbocycles. The molecule has 0 aromatic rings. The van der Waals surface area contributed by atoms with Crippen molar-refractivity contribution in [2.45, 2.75) is 18.9 Å². The van der Waals surface area contributed by atoms with E-state index in [-0.39, 0.29) is 30.8 Å². The van der Waals surface area contributed by atoms with Crippen molar-refractivity contribution in [2.24, 2.45) is 5.92 Å². The van der Waals surface area contributed by atoms with Gasteiger partial charge in [-0.3, -0.25) is 9.59 Å². The minimum Gasteiger partial charge on any atom is -0.480 e. The third-order valence-corrected chi connectivity index (χ3v) is 3.23. The molecule has 2 fully saturated rings. The van der Waals surface area contributed by atoms with Crippen LogP contribution in [0.15, 0.2) is 0 Å². The number of carbonyl (C=O) groups excluding carboxylic acids is 2. The zero-order chi connectivity index (χ0) is 13.3. The number of nitrogens with zero attached hydrogens (tertiary/aromatic N) is 1. The van der Waals surface area contributed by atoms with Crippen molar-refractivity contribution in [3.05, 3.63) is 0 Å². The van der Waals surface area contributed by atoms with Gasteiger partial charge in [0, 0.05) is 13.0 Å². The second kappa shape index (κ2) is 4.56. The van der Waals surface area contributed by atoms with Crippen LogP contribution in [0, 0.1) is 5.92 Å². The van der Waals surface area contributed by atoms with E-state index in [1.807, 2.05) is 0 Å². The van der Waals surface area contributed by atoms with Crippen molar-refractivity contribution >= 4 is 17.8 Å². The number of aliphatic carboxylic acids is 1. The lowest BCUT2D eigenvalue weighted by Gasteiger charge is -2.47. The SMILES string of the molecule is CC1(OCC(=O)O)CN(C(=O)C2CNC(=O)C2)C1. The number of carbonyl (C=O) groups is 3. The maximum Gasteiger partial charge on any atom is 0.329 e. The molecule has 2 aliphatic rings. The van der Waals surface area contributed by atoms with E-state index in [1.165, 1.54) is 0 Å². The van der Waals surface area contributed by atoms with Gasteiger partial charge in [0.2, 0.25) is 11.8 Å². The number of hydrogen-bond donors (Lipinski definition) is 2. The monoisotopic (exact) mass is 256 g/mol. The minimum atomic E-state index is -1.02. The smallest absolute Gasteiger partial charge is 0.329 e. The summed E-state index contributed by atoms with van der Waals surface area (Å²) in [5.74, 6) is -1.48. The van der Waals surface area contributed by atoms with Gasteiger partial charge in [0.05, 0.1) is 19.0 Å². The van der Waals surface area contributed by atoms with Crippen LogP contribution in [0.4, 0.5) is 0 Å². The lowest BCUT2D eigenvalue weighted by atomic mass is 9.93. The molecule has 7 nitrogen and oxygen atoms in total. The Balaban J connectivity index is 1.79. The number of carboxylic acid groups (broad SMARTS) is 1. The second-order valence-electron chi connectivity index (χ2n) is 5.03. The number of amides is 2. The van der Waals surface area contributed by atoms with Gasteiger partial charge in [-0.2, -0.15) is 0 Å². The van der Waals surface area contributed by atoms with Crippen LogP contribution in [0.25, 0.3) is 0 Å². The molecule has 0 radical (unpaired) electrons. The van der Waals surface area contributed by atoms with Gasteiger partial charge in [-0.15, -0.1) is 0 Å². The molecule has 2 rings (SSSR count). The Morgan fingerprint density at radius 1 is 1.56 bits per heavy atom. The van der Waals surface area contributed by atoms with Crippen molar-refractivity contribution in [1.82, 2.24) is 10.2 Å². The van der Waals surface area contributed by atoms with Crippen molar-refractivity contribution < 1.29 is 24.2 Å². The summed E-state index contributed by atoms with van der Waals surface area (Å²) in [6.07, 6.45) is 0.238. The lowest BCUT2D eigenvalue weighted by molar-refractivity contribution is -0.175. The molecule has 2 amide bonds. The molecule has 1 atom stereocenters. The van der Waals surface area contributed by atoms with Crippen molar-refractivity contribution in [1.29, 1.82) is 0 Å². The summed E-state index contributed by atoms with van der Waals surface area (Å²) in [4.78, 5) is 35.0. The largest absolute Gasteiger partial charge is 0.480 e. The molecule has 0 aromatic heterocycles. The van der Waals surface area contributed by atoms with Crippen LogP contribution in [0.2, 0.25) is 0 Å². The summed E-state index contributed by atoms with van der Waals surface area (Å²) in [5.41, 5.74) is -0.579. The van der Waals surface area contributed by atoms with E-state index >= 15 is 0 Å². The van der Waals surface area contributed by atoms with E-state index in [1.54, 1.807) is 11.8 Å². The average molecular weight is 256 g/mol. The van der Waals surface area contributed by atoms with Gasteiger partial charge >= 0.3 is 5.97 Å². The average Bonchev–Trinajstić information content (AvgIpc) is 2.68. The molecule has 7 heteroatoms. The van der Waals surface area contributed by atoms with Crippen LogP contribution in [0.3, 0.4) is 0 Å². The highest BCUT2D eigenvalue weighted by Crippen LogP contribution is 2.27. The first-order valence-corrected chi connectivity index (χ1v) is 5.81. The quantitative estimate of drug-likeness (QED) is 0.660. The standard InChI is InChI=1S/C11H16N2O5/c1-11(18-4-9(15)16)5-13(6-11)10(17)7-2-8(14)12-3-7/h7H,2-6H2,1H3,(H,12,14)(H,15,16). The highest BCUT2D eigenvalue weighted by molar-refractivity contribution is 5.89. The first kappa shape index (κ1) is 12.8. The van der Waals surface area contributed by atoms with Crippen molar-refractivity contribution in [2.75, 3.05) is 26.2 Å². The summed E-state index contributed by atoms with van der Waals surface area (Å²) in [7, 11) is 0. The predicted octanol–water partition coefficient (Wildman–Crippen LogP) is -1.18. The molecule has 0 aliphatic carbocycles. The second-order valence-corrected chi connectivity index (χ2v) is 5.03. The van der Waals surface area contributed by atoms with Gasteiger partial charge in [-0.05, 0) is 6.92 Å². The van der Waals surface area contributed by atoms with Crippen LogP contribution in [-0.2, 0) is 19.1 Å². The normalized spacial score (nSPS) is 25.5.